The van der Waals surface area contributed by atoms with Gasteiger partial charge in [-0.2, -0.15) is 5.26 Å². The van der Waals surface area contributed by atoms with Crippen LogP contribution in [0.15, 0.2) is 91.0 Å². The van der Waals surface area contributed by atoms with Crippen LogP contribution in [0.5, 0.6) is 0 Å². The molecule has 0 bridgehead atoms. The monoisotopic (exact) mass is 332 g/mol. The molecule has 1 atom stereocenters. The number of benzene rings is 3. The van der Waals surface area contributed by atoms with Gasteiger partial charge in [0.25, 0.3) is 5.34 Å². The van der Waals surface area contributed by atoms with E-state index in [-0.39, 0.29) is 0 Å². The van der Waals surface area contributed by atoms with Gasteiger partial charge in [0.15, 0.2) is 7.26 Å². The highest BCUT2D eigenvalue weighted by Crippen LogP contribution is 2.64. The van der Waals surface area contributed by atoms with Crippen LogP contribution in [0.4, 0.5) is 0 Å². The number of rotatable bonds is 4. The maximum atomic E-state index is 11.3. The summed E-state index contributed by atoms with van der Waals surface area (Å²) < 4.78 is 0. The van der Waals surface area contributed by atoms with Crippen molar-refractivity contribution in [1.29, 1.82) is 5.26 Å². The van der Waals surface area contributed by atoms with Gasteiger partial charge in [-0.3, -0.25) is 0 Å². The van der Waals surface area contributed by atoms with Crippen molar-refractivity contribution in [3.8, 4) is 6.07 Å². The molecule has 0 aliphatic rings. The molecule has 0 saturated heterocycles. The summed E-state index contributed by atoms with van der Waals surface area (Å²) in [5, 5.41) is 22.6. The fourth-order valence-corrected chi connectivity index (χ4v) is 7.64. The van der Waals surface area contributed by atoms with Gasteiger partial charge in [-0.15, -0.1) is 0 Å². The summed E-state index contributed by atoms with van der Waals surface area (Å²) in [5.41, 5.74) is 0. The Morgan fingerprint density at radius 3 is 1.25 bits per heavy atom. The molecule has 0 aliphatic carbocycles. The first-order valence-corrected chi connectivity index (χ1v) is 9.61. The molecule has 0 amide bonds. The van der Waals surface area contributed by atoms with Gasteiger partial charge in [-0.1, -0.05) is 54.6 Å². The number of nitrogens with zero attached hydrogens (tertiary/aromatic N) is 1. The van der Waals surface area contributed by atoms with E-state index in [4.69, 9.17) is 0 Å². The highest BCUT2D eigenvalue weighted by atomic mass is 31.2. The summed E-state index contributed by atoms with van der Waals surface area (Å²) in [6, 6.07) is 31.9. The highest BCUT2D eigenvalue weighted by Gasteiger charge is 2.60. The lowest BCUT2D eigenvalue weighted by Crippen LogP contribution is -2.45. The van der Waals surface area contributed by atoms with Crippen molar-refractivity contribution in [3.05, 3.63) is 91.0 Å². The molecule has 3 heteroatoms. The van der Waals surface area contributed by atoms with Crippen molar-refractivity contribution < 1.29 is 5.11 Å². The van der Waals surface area contributed by atoms with Crippen LogP contribution in [0.25, 0.3) is 0 Å². The third-order valence-corrected chi connectivity index (χ3v) is 8.92. The molecule has 0 heterocycles. The Balaban J connectivity index is 2.45. The number of nitriles is 1. The Morgan fingerprint density at radius 2 is 1.00 bits per heavy atom. The van der Waals surface area contributed by atoms with E-state index in [0.717, 1.165) is 15.9 Å². The van der Waals surface area contributed by atoms with Crippen molar-refractivity contribution in [1.82, 2.24) is 0 Å². The fraction of sp³-hybridized carbons (Fsp3) is 0.0952. The second-order valence-electron chi connectivity index (χ2n) is 5.81. The smallest absolute Gasteiger partial charge is 0.272 e. The Kier molecular flexibility index (Phi) is 4.49. The molecule has 3 rings (SSSR count). The Hall–Kier alpha value is -2.46. The standard InChI is InChI=1S/C21H19NOP/c1-21(23,17-22)24(18-11-5-2-6-12-18,19-13-7-3-8-14-19)20-15-9-4-10-16-20/h2-16,23H,1H3/q+1. The van der Waals surface area contributed by atoms with Gasteiger partial charge in [0, 0.05) is 6.92 Å². The average molecular weight is 332 g/mol. The summed E-state index contributed by atoms with van der Waals surface area (Å²) in [7, 11) is -2.56. The normalized spacial score (nSPS) is 13.7. The third kappa shape index (κ3) is 2.53. The van der Waals surface area contributed by atoms with E-state index in [0.29, 0.717) is 0 Å². The van der Waals surface area contributed by atoms with E-state index in [1.165, 1.54) is 0 Å². The van der Waals surface area contributed by atoms with Crippen LogP contribution in [0, 0.1) is 11.3 Å². The molecule has 1 unspecified atom stereocenters. The Morgan fingerprint density at radius 1 is 0.708 bits per heavy atom. The maximum Gasteiger partial charge on any atom is 0.272 e. The van der Waals surface area contributed by atoms with E-state index in [9.17, 15) is 10.4 Å². The molecule has 0 aliphatic heterocycles. The summed E-state index contributed by atoms with van der Waals surface area (Å²) in [6.07, 6.45) is 0. The van der Waals surface area contributed by atoms with Crippen LogP contribution >= 0.6 is 7.26 Å². The predicted molar refractivity (Wildman–Crippen MR) is 101 cm³/mol. The molecule has 3 aromatic rings. The number of hydrogen-bond acceptors (Lipinski definition) is 2. The van der Waals surface area contributed by atoms with Gasteiger partial charge in [0.05, 0.1) is 0 Å². The SMILES string of the molecule is CC(O)(C#N)[P+](c1ccccc1)(c1ccccc1)c1ccccc1. The van der Waals surface area contributed by atoms with Crippen LogP contribution < -0.4 is 15.9 Å². The maximum absolute atomic E-state index is 11.3. The Bertz CT molecular complexity index is 743. The van der Waals surface area contributed by atoms with Crippen molar-refractivity contribution in [2.45, 2.75) is 12.3 Å². The summed E-state index contributed by atoms with van der Waals surface area (Å²) in [5.74, 6) is 0. The van der Waals surface area contributed by atoms with E-state index in [1.54, 1.807) is 6.92 Å². The van der Waals surface area contributed by atoms with Crippen molar-refractivity contribution in [3.63, 3.8) is 0 Å². The molecule has 0 radical (unpaired) electrons. The quantitative estimate of drug-likeness (QED) is 0.589. The van der Waals surface area contributed by atoms with Gasteiger partial charge in [0.2, 0.25) is 0 Å². The predicted octanol–water partition coefficient (Wildman–Crippen LogP) is 3.21. The lowest BCUT2D eigenvalue weighted by molar-refractivity contribution is 0.209. The second kappa shape index (κ2) is 6.57. The minimum Gasteiger partial charge on any atom is -0.345 e. The van der Waals surface area contributed by atoms with Crippen LogP contribution in [0.2, 0.25) is 0 Å². The molecular formula is C21H19NOP+. The molecule has 0 spiro atoms. The molecule has 2 nitrogen and oxygen atoms in total. The first-order valence-electron chi connectivity index (χ1n) is 7.82. The molecule has 0 fully saturated rings. The zero-order chi connectivity index (χ0) is 17.0. The van der Waals surface area contributed by atoms with E-state index in [2.05, 4.69) is 6.07 Å². The van der Waals surface area contributed by atoms with Crippen molar-refractivity contribution in [2.75, 3.05) is 0 Å². The fourth-order valence-electron chi connectivity index (χ4n) is 3.23. The van der Waals surface area contributed by atoms with Gasteiger partial charge in [-0.05, 0) is 36.4 Å². The molecular weight excluding hydrogens is 313 g/mol. The highest BCUT2D eigenvalue weighted by molar-refractivity contribution is 7.96. The molecule has 1 N–H and O–H groups in total. The molecule has 118 valence electrons. The zero-order valence-electron chi connectivity index (χ0n) is 13.5. The van der Waals surface area contributed by atoms with Gasteiger partial charge in [-0.25, -0.2) is 0 Å². The van der Waals surface area contributed by atoms with Gasteiger partial charge < -0.3 is 5.11 Å². The van der Waals surface area contributed by atoms with Crippen LogP contribution in [0.3, 0.4) is 0 Å². The lowest BCUT2D eigenvalue weighted by atomic mass is 10.3. The summed E-state index contributed by atoms with van der Waals surface area (Å²) in [6.45, 7) is 1.63. The van der Waals surface area contributed by atoms with Crippen molar-refractivity contribution >= 4 is 23.2 Å². The summed E-state index contributed by atoms with van der Waals surface area (Å²) in [4.78, 5) is 0. The van der Waals surface area contributed by atoms with E-state index >= 15 is 0 Å². The van der Waals surface area contributed by atoms with Crippen molar-refractivity contribution in [2.24, 2.45) is 0 Å². The molecule has 0 saturated carbocycles. The largest absolute Gasteiger partial charge is 0.345 e. The number of hydrogen-bond donors (Lipinski definition) is 1. The van der Waals surface area contributed by atoms with Crippen LogP contribution in [-0.2, 0) is 0 Å². The lowest BCUT2D eigenvalue weighted by Gasteiger charge is -2.34. The molecule has 0 aromatic heterocycles. The van der Waals surface area contributed by atoms with E-state index in [1.807, 2.05) is 91.0 Å². The molecule has 24 heavy (non-hydrogen) atoms. The average Bonchev–Trinajstić information content (AvgIpc) is 2.65. The minimum atomic E-state index is -2.56. The van der Waals surface area contributed by atoms with Gasteiger partial charge in [0.1, 0.15) is 22.0 Å². The first-order chi connectivity index (χ1) is 11.6. The number of aliphatic hydroxyl groups is 1. The Labute approximate surface area is 143 Å². The third-order valence-electron chi connectivity index (χ3n) is 4.30. The van der Waals surface area contributed by atoms with Crippen LogP contribution in [-0.4, -0.2) is 10.4 Å². The minimum absolute atomic E-state index is 0.994. The van der Waals surface area contributed by atoms with E-state index < -0.39 is 12.6 Å². The zero-order valence-corrected chi connectivity index (χ0v) is 14.4. The topological polar surface area (TPSA) is 44.0 Å². The molecule has 3 aromatic carbocycles. The van der Waals surface area contributed by atoms with Crippen LogP contribution in [0.1, 0.15) is 6.92 Å². The van der Waals surface area contributed by atoms with Gasteiger partial charge >= 0.3 is 0 Å². The first kappa shape index (κ1) is 16.4. The summed E-state index contributed by atoms with van der Waals surface area (Å²) >= 11 is 0. The second-order valence-corrected chi connectivity index (χ2v) is 9.57.